The minimum Gasteiger partial charge on any atom is -0.354 e. The van der Waals surface area contributed by atoms with E-state index in [0.29, 0.717) is 55.8 Å². The van der Waals surface area contributed by atoms with Crippen molar-refractivity contribution in [2.24, 2.45) is 0 Å². The molecule has 1 aliphatic heterocycles. The number of amides is 2. The van der Waals surface area contributed by atoms with Gasteiger partial charge in [0.25, 0.3) is 5.91 Å². The number of nitrogens with one attached hydrogen (secondary N) is 2. The summed E-state index contributed by atoms with van der Waals surface area (Å²) in [4.78, 5) is 39.9. The zero-order valence-corrected chi connectivity index (χ0v) is 21.9. The van der Waals surface area contributed by atoms with Gasteiger partial charge in [0.15, 0.2) is 0 Å². The highest BCUT2D eigenvalue weighted by molar-refractivity contribution is 6.30. The molecule has 1 aromatic heterocycles. The van der Waals surface area contributed by atoms with E-state index in [1.807, 2.05) is 66.4 Å². The lowest BCUT2D eigenvalue weighted by atomic mass is 10.1. The van der Waals surface area contributed by atoms with Gasteiger partial charge in [-0.25, -0.2) is 9.97 Å². The summed E-state index contributed by atoms with van der Waals surface area (Å²) < 4.78 is 0. The average molecular weight is 522 g/mol. The van der Waals surface area contributed by atoms with Gasteiger partial charge >= 0.3 is 0 Å². The maximum atomic E-state index is 13.0. The summed E-state index contributed by atoms with van der Waals surface area (Å²) in [5.41, 5.74) is 3.14. The molecule has 9 nitrogen and oxygen atoms in total. The second-order valence-corrected chi connectivity index (χ2v) is 9.63. The molecule has 37 heavy (non-hydrogen) atoms. The molecular formula is C27H32ClN7O2. The molecule has 194 valence electrons. The number of rotatable bonds is 9. The van der Waals surface area contributed by atoms with Gasteiger partial charge in [-0.3, -0.25) is 14.5 Å². The first-order valence-corrected chi connectivity index (χ1v) is 12.6. The second kappa shape index (κ2) is 12.6. The van der Waals surface area contributed by atoms with Crippen molar-refractivity contribution in [2.45, 2.75) is 0 Å². The molecule has 1 aliphatic rings. The number of benzene rings is 2. The van der Waals surface area contributed by atoms with Gasteiger partial charge in [0.2, 0.25) is 11.9 Å². The minimum atomic E-state index is -0.0115. The van der Waals surface area contributed by atoms with E-state index in [0.717, 1.165) is 23.5 Å². The van der Waals surface area contributed by atoms with E-state index in [1.54, 1.807) is 18.3 Å². The molecule has 1 fully saturated rings. The smallest absolute Gasteiger partial charge is 0.253 e. The number of piperazine rings is 1. The first kappa shape index (κ1) is 26.5. The Balaban J connectivity index is 1.27. The van der Waals surface area contributed by atoms with E-state index in [4.69, 9.17) is 11.6 Å². The van der Waals surface area contributed by atoms with Gasteiger partial charge in [-0.2, -0.15) is 0 Å². The first-order chi connectivity index (χ1) is 17.9. The van der Waals surface area contributed by atoms with E-state index in [-0.39, 0.29) is 11.8 Å². The van der Waals surface area contributed by atoms with Crippen LogP contribution in [0.1, 0.15) is 10.4 Å². The second-order valence-electron chi connectivity index (χ2n) is 9.20. The average Bonchev–Trinajstić information content (AvgIpc) is 2.89. The standard InChI is InChI=1S/C27H32ClN7O2/c1-33(2)14-13-29-25(36)19-34-15-17-35(18-16-34)26(37)21-5-9-23(10-6-21)31-27-30-12-11-24(32-27)20-3-7-22(28)8-4-20/h3-12H,13-19H2,1-2H3,(H,29,36)(H,30,31,32). The monoisotopic (exact) mass is 521 g/mol. The number of halogens is 1. The molecule has 2 aromatic carbocycles. The van der Waals surface area contributed by atoms with Crippen molar-refractivity contribution in [3.8, 4) is 11.3 Å². The van der Waals surface area contributed by atoms with Crippen molar-refractivity contribution in [3.63, 3.8) is 0 Å². The zero-order chi connectivity index (χ0) is 26.2. The summed E-state index contributed by atoms with van der Waals surface area (Å²) in [5, 5.41) is 6.80. The third-order valence-electron chi connectivity index (χ3n) is 6.09. The van der Waals surface area contributed by atoms with E-state index in [9.17, 15) is 9.59 Å². The van der Waals surface area contributed by atoms with Gasteiger partial charge in [0.05, 0.1) is 12.2 Å². The Morgan fingerprint density at radius 3 is 2.35 bits per heavy atom. The van der Waals surface area contributed by atoms with E-state index in [1.165, 1.54) is 0 Å². The van der Waals surface area contributed by atoms with Crippen LogP contribution < -0.4 is 10.6 Å². The Morgan fingerprint density at radius 1 is 0.973 bits per heavy atom. The molecule has 4 rings (SSSR count). The predicted octanol–water partition coefficient (Wildman–Crippen LogP) is 2.98. The third-order valence-corrected chi connectivity index (χ3v) is 6.34. The van der Waals surface area contributed by atoms with Crippen LogP contribution in [0.5, 0.6) is 0 Å². The highest BCUT2D eigenvalue weighted by atomic mass is 35.5. The van der Waals surface area contributed by atoms with Crippen LogP contribution in [-0.4, -0.2) is 96.4 Å². The van der Waals surface area contributed by atoms with Crippen LogP contribution in [0, 0.1) is 0 Å². The lowest BCUT2D eigenvalue weighted by Crippen LogP contribution is -2.51. The van der Waals surface area contributed by atoms with Crippen LogP contribution in [0.3, 0.4) is 0 Å². The van der Waals surface area contributed by atoms with Crippen molar-refractivity contribution in [1.82, 2.24) is 30.0 Å². The van der Waals surface area contributed by atoms with Gasteiger partial charge in [-0.1, -0.05) is 23.7 Å². The van der Waals surface area contributed by atoms with Gasteiger partial charge in [-0.05, 0) is 56.6 Å². The van der Waals surface area contributed by atoms with Crippen molar-refractivity contribution in [1.29, 1.82) is 0 Å². The van der Waals surface area contributed by atoms with E-state index >= 15 is 0 Å². The maximum absolute atomic E-state index is 13.0. The Morgan fingerprint density at radius 2 is 1.68 bits per heavy atom. The summed E-state index contributed by atoms with van der Waals surface area (Å²) in [5.74, 6) is 0.475. The van der Waals surface area contributed by atoms with Crippen LogP contribution in [0.15, 0.2) is 60.8 Å². The SMILES string of the molecule is CN(C)CCNC(=O)CN1CCN(C(=O)c2ccc(Nc3nccc(-c4ccc(Cl)cc4)n3)cc2)CC1. The fourth-order valence-corrected chi connectivity index (χ4v) is 4.12. The summed E-state index contributed by atoms with van der Waals surface area (Å²) >= 11 is 5.98. The topological polar surface area (TPSA) is 93.7 Å². The Bertz CT molecular complexity index is 1190. The summed E-state index contributed by atoms with van der Waals surface area (Å²) in [6, 6.07) is 16.6. The molecule has 0 unspecified atom stereocenters. The molecule has 1 saturated heterocycles. The molecule has 3 aromatic rings. The fourth-order valence-electron chi connectivity index (χ4n) is 4.00. The quantitative estimate of drug-likeness (QED) is 0.447. The Labute approximate surface area is 222 Å². The number of carbonyl (C=O) groups is 2. The van der Waals surface area contributed by atoms with E-state index < -0.39 is 0 Å². The van der Waals surface area contributed by atoms with Crippen LogP contribution >= 0.6 is 11.6 Å². The molecule has 0 aliphatic carbocycles. The van der Waals surface area contributed by atoms with Gasteiger partial charge < -0.3 is 20.4 Å². The summed E-state index contributed by atoms with van der Waals surface area (Å²) in [6.07, 6.45) is 1.70. The third kappa shape index (κ3) is 7.72. The normalized spacial score (nSPS) is 14.0. The fraction of sp³-hybridized carbons (Fsp3) is 0.333. The van der Waals surface area contributed by atoms with Crippen molar-refractivity contribution in [2.75, 3.05) is 65.2 Å². The number of likely N-dealkylation sites (N-methyl/N-ethyl adjacent to an activating group) is 1. The zero-order valence-electron chi connectivity index (χ0n) is 21.2. The number of nitrogens with zero attached hydrogens (tertiary/aromatic N) is 5. The number of hydrogen-bond donors (Lipinski definition) is 2. The molecular weight excluding hydrogens is 490 g/mol. The Hall–Kier alpha value is -3.53. The number of hydrogen-bond acceptors (Lipinski definition) is 7. The van der Waals surface area contributed by atoms with Gasteiger partial charge in [-0.15, -0.1) is 0 Å². The largest absolute Gasteiger partial charge is 0.354 e. The predicted molar refractivity (Wildman–Crippen MR) is 146 cm³/mol. The first-order valence-electron chi connectivity index (χ1n) is 12.3. The molecule has 0 spiro atoms. The van der Waals surface area contributed by atoms with Crippen molar-refractivity contribution < 1.29 is 9.59 Å². The molecule has 0 bridgehead atoms. The highest BCUT2D eigenvalue weighted by Gasteiger charge is 2.23. The number of anilines is 2. The van der Waals surface area contributed by atoms with Gasteiger partial charge in [0, 0.05) is 67.3 Å². The lowest BCUT2D eigenvalue weighted by molar-refractivity contribution is -0.122. The molecule has 2 N–H and O–H groups in total. The van der Waals surface area contributed by atoms with Crippen molar-refractivity contribution >= 4 is 35.1 Å². The van der Waals surface area contributed by atoms with Crippen LogP contribution in [0.25, 0.3) is 11.3 Å². The molecule has 0 atom stereocenters. The highest BCUT2D eigenvalue weighted by Crippen LogP contribution is 2.22. The van der Waals surface area contributed by atoms with Crippen molar-refractivity contribution in [3.05, 3.63) is 71.4 Å². The maximum Gasteiger partial charge on any atom is 0.253 e. The summed E-state index contributed by atoms with van der Waals surface area (Å²) in [6.45, 7) is 4.34. The van der Waals surface area contributed by atoms with E-state index in [2.05, 4.69) is 25.5 Å². The lowest BCUT2D eigenvalue weighted by Gasteiger charge is -2.34. The Kier molecular flexibility index (Phi) is 9.05. The molecule has 10 heteroatoms. The molecule has 2 amide bonds. The molecule has 0 saturated carbocycles. The summed E-state index contributed by atoms with van der Waals surface area (Å²) in [7, 11) is 3.95. The molecule has 0 radical (unpaired) electrons. The van der Waals surface area contributed by atoms with Gasteiger partial charge in [0.1, 0.15) is 0 Å². The van der Waals surface area contributed by atoms with Crippen LogP contribution in [0.4, 0.5) is 11.6 Å². The number of aromatic nitrogens is 2. The minimum absolute atomic E-state index is 0.0115. The van der Waals surface area contributed by atoms with Crippen LogP contribution in [0.2, 0.25) is 5.02 Å². The number of carbonyl (C=O) groups excluding carboxylic acids is 2. The van der Waals surface area contributed by atoms with Crippen LogP contribution in [-0.2, 0) is 4.79 Å². The molecule has 2 heterocycles.